The molecule has 28 heavy (non-hydrogen) atoms. The normalized spacial score (nSPS) is 18.7. The topological polar surface area (TPSA) is 40.5 Å². The zero-order chi connectivity index (χ0) is 19.3. The maximum absolute atomic E-state index is 10.5. The summed E-state index contributed by atoms with van der Waals surface area (Å²) in [4.78, 5) is 0. The largest absolute Gasteiger partial charge is 0.508 e. The summed E-state index contributed by atoms with van der Waals surface area (Å²) in [6, 6.07) is 13.6. The van der Waals surface area contributed by atoms with E-state index in [1.165, 1.54) is 67.2 Å². The maximum atomic E-state index is 10.5. The molecule has 0 atom stereocenters. The van der Waals surface area contributed by atoms with E-state index in [1.807, 2.05) is 18.2 Å². The Morgan fingerprint density at radius 1 is 0.643 bits per heavy atom. The summed E-state index contributed by atoms with van der Waals surface area (Å²) in [7, 11) is 0. The number of aromatic hydroxyl groups is 2. The molecule has 2 aliphatic carbocycles. The van der Waals surface area contributed by atoms with E-state index in [2.05, 4.69) is 24.3 Å². The Balaban J connectivity index is 1.57. The van der Waals surface area contributed by atoms with Gasteiger partial charge < -0.3 is 10.2 Å². The van der Waals surface area contributed by atoms with Crippen molar-refractivity contribution in [1.29, 1.82) is 0 Å². The lowest BCUT2D eigenvalue weighted by molar-refractivity contribution is 0.424. The van der Waals surface area contributed by atoms with E-state index in [1.54, 1.807) is 12.1 Å². The molecule has 2 N–H and O–H groups in total. The zero-order valence-electron chi connectivity index (χ0n) is 16.5. The average molecular weight is 375 g/mol. The highest BCUT2D eigenvalue weighted by Gasteiger charge is 2.19. The fraction of sp³-hybridized carbons (Fsp3) is 0.385. The molecule has 1 saturated carbocycles. The number of benzene rings is 2. The summed E-state index contributed by atoms with van der Waals surface area (Å²) in [5.41, 5.74) is 6.22. The third-order valence-corrected chi connectivity index (χ3v) is 6.33. The number of allylic oxidation sites excluding steroid dienone is 4. The molecule has 0 amide bonds. The number of hydrogen-bond acceptors (Lipinski definition) is 2. The molecule has 0 aromatic heterocycles. The summed E-state index contributed by atoms with van der Waals surface area (Å²) in [6.45, 7) is 0. The zero-order valence-corrected chi connectivity index (χ0v) is 16.5. The molecule has 146 valence electrons. The number of rotatable bonds is 3. The van der Waals surface area contributed by atoms with Gasteiger partial charge in [-0.05, 0) is 83.7 Å². The minimum Gasteiger partial charge on any atom is -0.508 e. The van der Waals surface area contributed by atoms with Gasteiger partial charge in [0, 0.05) is 0 Å². The van der Waals surface area contributed by atoms with Crippen molar-refractivity contribution < 1.29 is 10.2 Å². The highest BCUT2D eigenvalue weighted by molar-refractivity contribution is 5.78. The van der Waals surface area contributed by atoms with Crippen LogP contribution in [0.3, 0.4) is 0 Å². The van der Waals surface area contributed by atoms with Crippen LogP contribution in [0.1, 0.15) is 80.4 Å². The van der Waals surface area contributed by atoms with Crippen LogP contribution in [-0.2, 0) is 0 Å². The molecule has 0 saturated heterocycles. The van der Waals surface area contributed by atoms with Gasteiger partial charge in [0.1, 0.15) is 11.5 Å². The van der Waals surface area contributed by atoms with Gasteiger partial charge in [0.15, 0.2) is 0 Å². The molecular formula is C26H30O2. The maximum Gasteiger partial charge on any atom is 0.119 e. The minimum absolute atomic E-state index is 0.308. The summed E-state index contributed by atoms with van der Waals surface area (Å²) in [5.74, 6) is 1.26. The van der Waals surface area contributed by atoms with Crippen LogP contribution in [0.5, 0.6) is 11.5 Å². The van der Waals surface area contributed by atoms with Crippen LogP contribution < -0.4 is 0 Å². The Morgan fingerprint density at radius 2 is 1.21 bits per heavy atom. The van der Waals surface area contributed by atoms with Crippen LogP contribution in [0, 0.1) is 0 Å². The second-order valence-corrected chi connectivity index (χ2v) is 8.25. The van der Waals surface area contributed by atoms with Gasteiger partial charge in [-0.3, -0.25) is 0 Å². The molecule has 0 bridgehead atoms. The lowest BCUT2D eigenvalue weighted by Gasteiger charge is -2.22. The van der Waals surface area contributed by atoms with E-state index in [0.29, 0.717) is 17.4 Å². The Kier molecular flexibility index (Phi) is 5.85. The number of phenols is 2. The third kappa shape index (κ3) is 4.32. The molecule has 2 aliphatic rings. The summed E-state index contributed by atoms with van der Waals surface area (Å²) in [5, 5.41) is 20.0. The van der Waals surface area contributed by atoms with Crippen molar-refractivity contribution in [2.24, 2.45) is 0 Å². The van der Waals surface area contributed by atoms with Crippen molar-refractivity contribution >= 4 is 11.1 Å². The molecule has 0 radical (unpaired) electrons. The van der Waals surface area contributed by atoms with Crippen LogP contribution in [0.15, 0.2) is 54.6 Å². The second kappa shape index (κ2) is 8.68. The fourth-order valence-corrected chi connectivity index (χ4v) is 4.64. The lowest BCUT2D eigenvalue weighted by atomic mass is 9.83. The van der Waals surface area contributed by atoms with Crippen molar-refractivity contribution in [3.63, 3.8) is 0 Å². The quantitative estimate of drug-likeness (QED) is 0.597. The molecule has 4 rings (SSSR count). The van der Waals surface area contributed by atoms with E-state index >= 15 is 0 Å². The molecule has 2 heteroatoms. The van der Waals surface area contributed by atoms with E-state index < -0.39 is 0 Å². The van der Waals surface area contributed by atoms with Gasteiger partial charge in [-0.1, -0.05) is 62.5 Å². The highest BCUT2D eigenvalue weighted by Crippen LogP contribution is 2.39. The number of hydrogen-bond donors (Lipinski definition) is 2. The van der Waals surface area contributed by atoms with Gasteiger partial charge >= 0.3 is 0 Å². The summed E-state index contributed by atoms with van der Waals surface area (Å²) in [6.07, 6.45) is 15.4. The first-order chi connectivity index (χ1) is 13.7. The van der Waals surface area contributed by atoms with Crippen molar-refractivity contribution in [3.8, 4) is 11.5 Å². The Hall–Kier alpha value is -2.48. The van der Waals surface area contributed by atoms with Crippen LogP contribution >= 0.6 is 0 Å². The Labute approximate surface area is 168 Å². The monoisotopic (exact) mass is 374 g/mol. The number of phenolic OH excluding ortho intramolecular Hbond substituents is 2. The third-order valence-electron chi connectivity index (χ3n) is 6.33. The van der Waals surface area contributed by atoms with Gasteiger partial charge in [-0.15, -0.1) is 0 Å². The highest BCUT2D eigenvalue weighted by atomic mass is 16.3. The van der Waals surface area contributed by atoms with E-state index in [-0.39, 0.29) is 0 Å². The molecule has 1 fully saturated rings. The van der Waals surface area contributed by atoms with Crippen molar-refractivity contribution in [1.82, 2.24) is 0 Å². The molecule has 0 aliphatic heterocycles. The van der Waals surface area contributed by atoms with Gasteiger partial charge in [0.25, 0.3) is 0 Å². The molecule has 0 heterocycles. The Bertz CT molecular complexity index is 866. The first-order valence-electron chi connectivity index (χ1n) is 10.7. The molecule has 2 aromatic rings. The van der Waals surface area contributed by atoms with Crippen molar-refractivity contribution in [3.05, 3.63) is 71.3 Å². The summed E-state index contributed by atoms with van der Waals surface area (Å²) >= 11 is 0. The van der Waals surface area contributed by atoms with Crippen LogP contribution in [0.2, 0.25) is 0 Å². The van der Waals surface area contributed by atoms with Crippen molar-refractivity contribution in [2.45, 2.75) is 63.7 Å². The lowest BCUT2D eigenvalue weighted by Crippen LogP contribution is -2.04. The van der Waals surface area contributed by atoms with Gasteiger partial charge in [-0.2, -0.15) is 0 Å². The Morgan fingerprint density at radius 3 is 1.86 bits per heavy atom. The molecule has 2 aromatic carbocycles. The van der Waals surface area contributed by atoms with E-state index in [0.717, 1.165) is 18.4 Å². The van der Waals surface area contributed by atoms with E-state index in [9.17, 15) is 10.2 Å². The van der Waals surface area contributed by atoms with Crippen LogP contribution in [0.25, 0.3) is 11.1 Å². The minimum atomic E-state index is 0.308. The van der Waals surface area contributed by atoms with E-state index in [4.69, 9.17) is 0 Å². The standard InChI is InChI=1S/C26H30O2/c27-24-15-12-20(13-16-24)19-8-10-21(11-9-19)23-14-17-26(28)25(18-23)22-6-4-2-1-3-5-7-22/h8,10,12-18,22,27-28H,1-7,9,11H2. The second-order valence-electron chi connectivity index (χ2n) is 8.25. The SMILES string of the molecule is Oc1ccc(C2=CC=C(c3ccc(O)c(C4CCCCCCC4)c3)CC2)cc1. The molecule has 0 spiro atoms. The van der Waals surface area contributed by atoms with Gasteiger partial charge in [-0.25, -0.2) is 0 Å². The van der Waals surface area contributed by atoms with Crippen molar-refractivity contribution in [2.75, 3.05) is 0 Å². The average Bonchev–Trinajstić information content (AvgIpc) is 2.69. The summed E-state index contributed by atoms with van der Waals surface area (Å²) < 4.78 is 0. The van der Waals surface area contributed by atoms with Crippen LogP contribution in [-0.4, -0.2) is 10.2 Å². The first kappa shape index (κ1) is 18.9. The first-order valence-corrected chi connectivity index (χ1v) is 10.7. The predicted molar refractivity (Wildman–Crippen MR) is 116 cm³/mol. The molecule has 2 nitrogen and oxygen atoms in total. The van der Waals surface area contributed by atoms with Gasteiger partial charge in [0.2, 0.25) is 0 Å². The fourth-order valence-electron chi connectivity index (χ4n) is 4.64. The van der Waals surface area contributed by atoms with Crippen LogP contribution in [0.4, 0.5) is 0 Å². The predicted octanol–water partition coefficient (Wildman–Crippen LogP) is 7.19. The molecule has 0 unspecified atom stereocenters. The van der Waals surface area contributed by atoms with Gasteiger partial charge in [0.05, 0.1) is 0 Å². The smallest absolute Gasteiger partial charge is 0.119 e. The molecular weight excluding hydrogens is 344 g/mol.